The van der Waals surface area contributed by atoms with Crippen molar-refractivity contribution in [1.82, 2.24) is 15.4 Å². The van der Waals surface area contributed by atoms with Crippen molar-refractivity contribution in [2.75, 3.05) is 0 Å². The molecule has 0 saturated carbocycles. The third kappa shape index (κ3) is 4.00. The van der Waals surface area contributed by atoms with Gasteiger partial charge in [-0.15, -0.1) is 11.3 Å². The second-order valence-corrected chi connectivity index (χ2v) is 7.70. The molecule has 0 radical (unpaired) electrons. The summed E-state index contributed by atoms with van der Waals surface area (Å²) in [6, 6.07) is 9.26. The van der Waals surface area contributed by atoms with Crippen LogP contribution < -0.4 is 5.43 Å². The smallest absolute Gasteiger partial charge is 0.271 e. The molecule has 3 rings (SSSR count). The van der Waals surface area contributed by atoms with Crippen molar-refractivity contribution in [3.63, 3.8) is 0 Å². The van der Waals surface area contributed by atoms with Gasteiger partial charge in [0.2, 0.25) is 0 Å². The molecule has 0 aliphatic rings. The number of thiophene rings is 1. The van der Waals surface area contributed by atoms with Crippen LogP contribution in [-0.4, -0.2) is 27.3 Å². The van der Waals surface area contributed by atoms with Crippen LogP contribution in [0.3, 0.4) is 0 Å². The number of amides is 1. The van der Waals surface area contributed by atoms with Crippen LogP contribution in [0, 0.1) is 0 Å². The number of aromatic amines is 1. The number of nitrogens with one attached hydrogen (secondary N) is 2. The van der Waals surface area contributed by atoms with Crippen LogP contribution >= 0.6 is 23.1 Å². The van der Waals surface area contributed by atoms with Crippen molar-refractivity contribution in [3.05, 3.63) is 46.2 Å². The lowest BCUT2D eigenvalue weighted by Crippen LogP contribution is -2.17. The number of aromatic nitrogens is 2. The molecule has 0 unspecified atom stereocenters. The Morgan fingerprint density at radius 2 is 2.30 bits per heavy atom. The number of H-pyrrole nitrogens is 1. The van der Waals surface area contributed by atoms with Gasteiger partial charge in [0.05, 0.1) is 17.2 Å². The van der Waals surface area contributed by atoms with Crippen molar-refractivity contribution in [1.29, 1.82) is 0 Å². The maximum Gasteiger partial charge on any atom is 0.271 e. The van der Waals surface area contributed by atoms with E-state index in [0.717, 1.165) is 21.1 Å². The summed E-state index contributed by atoms with van der Waals surface area (Å²) in [5.41, 5.74) is 4.79. The lowest BCUT2D eigenvalue weighted by atomic mass is 10.2. The van der Waals surface area contributed by atoms with Gasteiger partial charge in [-0.05, 0) is 29.6 Å². The molecule has 2 aromatic heterocycles. The van der Waals surface area contributed by atoms with Crippen LogP contribution in [0.1, 0.15) is 29.1 Å². The number of hydrogen-bond acceptors (Lipinski definition) is 5. The molecule has 0 spiro atoms. The Bertz CT molecular complexity index is 837. The van der Waals surface area contributed by atoms with E-state index in [2.05, 4.69) is 34.3 Å². The molecule has 0 aliphatic carbocycles. The fraction of sp³-hybridized carbons (Fsp3) is 0.188. The van der Waals surface area contributed by atoms with Crippen molar-refractivity contribution in [2.45, 2.75) is 24.3 Å². The van der Waals surface area contributed by atoms with Crippen LogP contribution in [0.5, 0.6) is 0 Å². The summed E-state index contributed by atoms with van der Waals surface area (Å²) in [5, 5.41) is 7.24. The molecular formula is C16H16N4OS2. The minimum absolute atomic E-state index is 0.243. The Morgan fingerprint density at radius 1 is 1.43 bits per heavy atom. The quantitative estimate of drug-likeness (QED) is 0.419. The number of benzene rings is 1. The van der Waals surface area contributed by atoms with Gasteiger partial charge in [0.1, 0.15) is 0 Å². The number of fused-ring (bicyclic) bond motifs is 1. The summed E-state index contributed by atoms with van der Waals surface area (Å²) in [6.45, 7) is 4.23. The summed E-state index contributed by atoms with van der Waals surface area (Å²) < 4.78 is 0. The standard InChI is InChI=1S/C16H16N4OS2/c1-10(2)23-16-18-13-6-5-11(8-14(13)19-16)15(21)20-17-9-12-4-3-7-22-12/h3-10H,1-2H3,(H,18,19)(H,20,21)/b17-9-. The van der Waals surface area contributed by atoms with E-state index in [1.165, 1.54) is 0 Å². The van der Waals surface area contributed by atoms with E-state index >= 15 is 0 Å². The van der Waals surface area contributed by atoms with Crippen LogP contribution in [0.25, 0.3) is 11.0 Å². The molecule has 0 saturated heterocycles. The Kier molecular flexibility index (Phi) is 4.78. The fourth-order valence-corrected chi connectivity index (χ4v) is 3.34. The largest absolute Gasteiger partial charge is 0.333 e. The van der Waals surface area contributed by atoms with Crippen LogP contribution in [0.2, 0.25) is 0 Å². The topological polar surface area (TPSA) is 70.1 Å². The zero-order valence-corrected chi connectivity index (χ0v) is 14.4. The summed E-state index contributed by atoms with van der Waals surface area (Å²) in [6.07, 6.45) is 1.63. The van der Waals surface area contributed by atoms with Crippen LogP contribution in [-0.2, 0) is 0 Å². The third-order valence-corrected chi connectivity index (χ3v) is 4.67. The van der Waals surface area contributed by atoms with Crippen molar-refractivity contribution < 1.29 is 4.79 Å². The Hall–Kier alpha value is -2.12. The predicted molar refractivity (Wildman–Crippen MR) is 96.5 cm³/mol. The highest BCUT2D eigenvalue weighted by Crippen LogP contribution is 2.23. The Labute approximate surface area is 142 Å². The zero-order chi connectivity index (χ0) is 16.2. The van der Waals surface area contributed by atoms with Gasteiger partial charge in [0.15, 0.2) is 5.16 Å². The number of hydrogen-bond donors (Lipinski definition) is 2. The van der Waals surface area contributed by atoms with E-state index in [4.69, 9.17) is 0 Å². The van der Waals surface area contributed by atoms with Gasteiger partial charge in [0.25, 0.3) is 5.91 Å². The van der Waals surface area contributed by atoms with E-state index in [1.807, 2.05) is 23.6 Å². The molecule has 3 aromatic rings. The van der Waals surface area contributed by atoms with E-state index < -0.39 is 0 Å². The third-order valence-electron chi connectivity index (χ3n) is 2.97. The first-order valence-electron chi connectivity index (χ1n) is 7.15. The highest BCUT2D eigenvalue weighted by molar-refractivity contribution is 7.99. The molecule has 0 atom stereocenters. The Balaban J connectivity index is 1.72. The minimum atomic E-state index is -0.243. The first-order valence-corrected chi connectivity index (χ1v) is 8.91. The summed E-state index contributed by atoms with van der Waals surface area (Å²) in [7, 11) is 0. The lowest BCUT2D eigenvalue weighted by molar-refractivity contribution is 0.0955. The maximum atomic E-state index is 12.1. The van der Waals surface area contributed by atoms with Crippen LogP contribution in [0.4, 0.5) is 0 Å². The average Bonchev–Trinajstić information content (AvgIpc) is 3.14. The molecule has 2 heterocycles. The first-order chi connectivity index (χ1) is 11.1. The SMILES string of the molecule is CC(C)Sc1nc2ccc(C(=O)N/N=C\c3cccs3)cc2[nH]1. The van der Waals surface area contributed by atoms with E-state index in [-0.39, 0.29) is 5.91 Å². The highest BCUT2D eigenvalue weighted by Gasteiger charge is 2.09. The maximum absolute atomic E-state index is 12.1. The van der Waals surface area contributed by atoms with Crippen LogP contribution in [0.15, 0.2) is 46.0 Å². The molecular weight excluding hydrogens is 328 g/mol. The number of carbonyl (C=O) groups excluding carboxylic acids is 1. The fourth-order valence-electron chi connectivity index (χ4n) is 1.99. The van der Waals surface area contributed by atoms with E-state index in [1.54, 1.807) is 41.4 Å². The van der Waals surface area contributed by atoms with Gasteiger partial charge >= 0.3 is 0 Å². The molecule has 5 nitrogen and oxygen atoms in total. The predicted octanol–water partition coefficient (Wildman–Crippen LogP) is 3.89. The van der Waals surface area contributed by atoms with Gasteiger partial charge in [0, 0.05) is 15.7 Å². The van der Waals surface area contributed by atoms with Crippen molar-refractivity contribution in [2.24, 2.45) is 5.10 Å². The second kappa shape index (κ2) is 6.97. The number of imidazole rings is 1. The molecule has 0 aliphatic heterocycles. The summed E-state index contributed by atoms with van der Waals surface area (Å²) in [4.78, 5) is 20.9. The van der Waals surface area contributed by atoms with E-state index in [0.29, 0.717) is 10.8 Å². The molecule has 7 heteroatoms. The number of nitrogens with zero attached hydrogens (tertiary/aromatic N) is 2. The monoisotopic (exact) mass is 344 g/mol. The summed E-state index contributed by atoms with van der Waals surface area (Å²) in [5.74, 6) is -0.243. The molecule has 0 fully saturated rings. The molecule has 2 N–H and O–H groups in total. The van der Waals surface area contributed by atoms with Gasteiger partial charge in [-0.2, -0.15) is 5.10 Å². The van der Waals surface area contributed by atoms with Crippen molar-refractivity contribution in [3.8, 4) is 0 Å². The molecule has 118 valence electrons. The molecule has 1 aromatic carbocycles. The lowest BCUT2D eigenvalue weighted by Gasteiger charge is -1.99. The minimum Gasteiger partial charge on any atom is -0.333 e. The average molecular weight is 344 g/mol. The highest BCUT2D eigenvalue weighted by atomic mass is 32.2. The number of thioether (sulfide) groups is 1. The van der Waals surface area contributed by atoms with Crippen molar-refractivity contribution >= 4 is 46.3 Å². The normalized spacial score (nSPS) is 11.6. The van der Waals surface area contributed by atoms with Gasteiger partial charge < -0.3 is 4.98 Å². The summed E-state index contributed by atoms with van der Waals surface area (Å²) >= 11 is 3.22. The second-order valence-electron chi connectivity index (χ2n) is 5.16. The van der Waals surface area contributed by atoms with Gasteiger partial charge in [-0.25, -0.2) is 10.4 Å². The van der Waals surface area contributed by atoms with E-state index in [9.17, 15) is 4.79 Å². The number of hydrazone groups is 1. The Morgan fingerprint density at radius 3 is 3.04 bits per heavy atom. The zero-order valence-electron chi connectivity index (χ0n) is 12.7. The number of rotatable bonds is 5. The molecule has 1 amide bonds. The van der Waals surface area contributed by atoms with Gasteiger partial charge in [-0.1, -0.05) is 31.7 Å². The number of carbonyl (C=O) groups is 1. The molecule has 0 bridgehead atoms. The molecule has 23 heavy (non-hydrogen) atoms. The first kappa shape index (κ1) is 15.8. The van der Waals surface area contributed by atoms with Gasteiger partial charge in [-0.3, -0.25) is 4.79 Å².